The predicted molar refractivity (Wildman–Crippen MR) is 71.6 cm³/mol. The lowest BCUT2D eigenvalue weighted by Crippen LogP contribution is -2.20. The van der Waals surface area contributed by atoms with Gasteiger partial charge in [-0.25, -0.2) is 0 Å². The van der Waals surface area contributed by atoms with Crippen LogP contribution in [-0.2, 0) is 16.0 Å². The Balaban J connectivity index is 2.15. The highest BCUT2D eigenvalue weighted by molar-refractivity contribution is 5.94. The Morgan fingerprint density at radius 2 is 2.06 bits per heavy atom. The number of ether oxygens (including phenoxy) is 1. The molecule has 0 N–H and O–H groups in total. The third-order valence-corrected chi connectivity index (χ3v) is 3.67. The molecule has 2 aromatic rings. The standard InChI is InChI=1S/C16H16O2/c1-2-18-16(17)14-10-9-12-6-3-5-11-7-4-8-13(14)15(11)12/h3-8,14H,2,9-10H2,1H3. The molecule has 0 spiro atoms. The van der Waals surface area contributed by atoms with Gasteiger partial charge in [0, 0.05) is 0 Å². The molecular weight excluding hydrogens is 224 g/mol. The summed E-state index contributed by atoms with van der Waals surface area (Å²) < 4.78 is 5.19. The molecular formula is C16H16O2. The van der Waals surface area contributed by atoms with Gasteiger partial charge in [0.05, 0.1) is 12.5 Å². The summed E-state index contributed by atoms with van der Waals surface area (Å²) in [7, 11) is 0. The first-order valence-electron chi connectivity index (χ1n) is 6.48. The molecule has 1 aliphatic carbocycles. The number of aryl methyl sites for hydroxylation is 1. The summed E-state index contributed by atoms with van der Waals surface area (Å²) >= 11 is 0. The molecule has 2 heteroatoms. The summed E-state index contributed by atoms with van der Waals surface area (Å²) in [6.45, 7) is 2.31. The Labute approximate surface area is 107 Å². The lowest BCUT2D eigenvalue weighted by atomic mass is 9.81. The minimum atomic E-state index is -0.0939. The first-order chi connectivity index (χ1) is 8.81. The van der Waals surface area contributed by atoms with Crippen LogP contribution in [0.15, 0.2) is 36.4 Å². The van der Waals surface area contributed by atoms with Gasteiger partial charge in [-0.1, -0.05) is 36.4 Å². The van der Waals surface area contributed by atoms with E-state index in [0.29, 0.717) is 6.61 Å². The van der Waals surface area contributed by atoms with Gasteiger partial charge in [-0.05, 0) is 41.7 Å². The Hall–Kier alpha value is -1.83. The third-order valence-electron chi connectivity index (χ3n) is 3.67. The minimum absolute atomic E-state index is 0.0838. The van der Waals surface area contributed by atoms with Crippen LogP contribution in [0.4, 0.5) is 0 Å². The fraction of sp³-hybridized carbons (Fsp3) is 0.312. The molecule has 18 heavy (non-hydrogen) atoms. The number of carbonyl (C=O) groups excluding carboxylic acids is 1. The first kappa shape index (κ1) is 11.3. The maximum atomic E-state index is 12.0. The molecule has 2 nitrogen and oxygen atoms in total. The van der Waals surface area contributed by atoms with Gasteiger partial charge < -0.3 is 4.74 Å². The molecule has 3 rings (SSSR count). The van der Waals surface area contributed by atoms with Gasteiger partial charge in [-0.3, -0.25) is 4.79 Å². The first-order valence-corrected chi connectivity index (χ1v) is 6.48. The van der Waals surface area contributed by atoms with E-state index in [-0.39, 0.29) is 11.9 Å². The van der Waals surface area contributed by atoms with Crippen molar-refractivity contribution >= 4 is 16.7 Å². The highest BCUT2D eigenvalue weighted by atomic mass is 16.5. The highest BCUT2D eigenvalue weighted by Crippen LogP contribution is 2.37. The zero-order valence-electron chi connectivity index (χ0n) is 10.5. The van der Waals surface area contributed by atoms with E-state index in [9.17, 15) is 4.79 Å². The van der Waals surface area contributed by atoms with Gasteiger partial charge in [-0.15, -0.1) is 0 Å². The van der Waals surface area contributed by atoms with E-state index in [4.69, 9.17) is 4.74 Å². The number of benzene rings is 2. The highest BCUT2D eigenvalue weighted by Gasteiger charge is 2.27. The monoisotopic (exact) mass is 240 g/mol. The topological polar surface area (TPSA) is 26.3 Å². The molecule has 1 unspecified atom stereocenters. The van der Waals surface area contributed by atoms with E-state index < -0.39 is 0 Å². The van der Waals surface area contributed by atoms with Crippen LogP contribution in [0.25, 0.3) is 10.8 Å². The second-order valence-electron chi connectivity index (χ2n) is 4.71. The van der Waals surface area contributed by atoms with Crippen molar-refractivity contribution in [2.75, 3.05) is 6.61 Å². The lowest BCUT2D eigenvalue weighted by molar-refractivity contribution is -0.145. The van der Waals surface area contributed by atoms with Gasteiger partial charge >= 0.3 is 5.97 Å². The summed E-state index contributed by atoms with van der Waals surface area (Å²) in [5, 5.41) is 2.48. The van der Waals surface area contributed by atoms with Crippen LogP contribution < -0.4 is 0 Å². The molecule has 92 valence electrons. The van der Waals surface area contributed by atoms with Crippen molar-refractivity contribution in [3.63, 3.8) is 0 Å². The molecule has 0 heterocycles. The third kappa shape index (κ3) is 1.69. The van der Waals surface area contributed by atoms with Crippen molar-refractivity contribution < 1.29 is 9.53 Å². The van der Waals surface area contributed by atoms with E-state index in [1.807, 2.05) is 13.0 Å². The second kappa shape index (κ2) is 4.45. The van der Waals surface area contributed by atoms with Gasteiger partial charge in [0.1, 0.15) is 0 Å². The molecule has 0 amide bonds. The van der Waals surface area contributed by atoms with Crippen LogP contribution in [0.2, 0.25) is 0 Å². The smallest absolute Gasteiger partial charge is 0.313 e. The van der Waals surface area contributed by atoms with Crippen LogP contribution in [0, 0.1) is 0 Å². The minimum Gasteiger partial charge on any atom is -0.466 e. The zero-order valence-corrected chi connectivity index (χ0v) is 10.5. The Morgan fingerprint density at radius 1 is 1.28 bits per heavy atom. The second-order valence-corrected chi connectivity index (χ2v) is 4.71. The van der Waals surface area contributed by atoms with E-state index >= 15 is 0 Å². The summed E-state index contributed by atoms with van der Waals surface area (Å²) in [4.78, 5) is 12.0. The Bertz CT molecular complexity index is 596. The quantitative estimate of drug-likeness (QED) is 0.752. The summed E-state index contributed by atoms with van der Waals surface area (Å²) in [6, 6.07) is 12.6. The largest absolute Gasteiger partial charge is 0.466 e. The van der Waals surface area contributed by atoms with Gasteiger partial charge in [0.15, 0.2) is 0 Å². The summed E-state index contributed by atoms with van der Waals surface area (Å²) in [6.07, 6.45) is 1.81. The van der Waals surface area contributed by atoms with Crippen molar-refractivity contribution in [3.8, 4) is 0 Å². The van der Waals surface area contributed by atoms with Crippen molar-refractivity contribution in [3.05, 3.63) is 47.5 Å². The van der Waals surface area contributed by atoms with E-state index in [0.717, 1.165) is 18.4 Å². The number of hydrogen-bond donors (Lipinski definition) is 0. The number of esters is 1. The molecule has 0 aromatic heterocycles. The molecule has 0 fully saturated rings. The molecule has 0 radical (unpaired) electrons. The molecule has 0 aliphatic heterocycles. The van der Waals surface area contributed by atoms with Crippen molar-refractivity contribution in [2.45, 2.75) is 25.7 Å². The Morgan fingerprint density at radius 3 is 2.83 bits per heavy atom. The van der Waals surface area contributed by atoms with Gasteiger partial charge in [0.2, 0.25) is 0 Å². The number of rotatable bonds is 2. The molecule has 0 saturated heterocycles. The van der Waals surface area contributed by atoms with E-state index in [2.05, 4.69) is 30.3 Å². The van der Waals surface area contributed by atoms with Crippen molar-refractivity contribution in [1.29, 1.82) is 0 Å². The number of hydrogen-bond acceptors (Lipinski definition) is 2. The summed E-state index contributed by atoms with van der Waals surface area (Å²) in [5.41, 5.74) is 2.48. The predicted octanol–water partition coefficient (Wildman–Crippen LogP) is 3.43. The molecule has 1 aliphatic rings. The molecule has 1 atom stereocenters. The maximum absolute atomic E-state index is 12.0. The van der Waals surface area contributed by atoms with Crippen LogP contribution in [-0.4, -0.2) is 12.6 Å². The summed E-state index contributed by atoms with van der Waals surface area (Å²) in [5.74, 6) is -0.178. The van der Waals surface area contributed by atoms with Crippen LogP contribution in [0.3, 0.4) is 0 Å². The fourth-order valence-electron chi connectivity index (χ4n) is 2.89. The number of carbonyl (C=O) groups is 1. The average Bonchev–Trinajstić information content (AvgIpc) is 2.40. The van der Waals surface area contributed by atoms with Crippen molar-refractivity contribution in [1.82, 2.24) is 0 Å². The molecule has 0 bridgehead atoms. The Kier molecular flexibility index (Phi) is 2.78. The van der Waals surface area contributed by atoms with Crippen LogP contribution in [0.1, 0.15) is 30.4 Å². The molecule has 2 aromatic carbocycles. The average molecular weight is 240 g/mol. The maximum Gasteiger partial charge on any atom is 0.313 e. The van der Waals surface area contributed by atoms with Crippen molar-refractivity contribution in [2.24, 2.45) is 0 Å². The zero-order chi connectivity index (χ0) is 12.5. The van der Waals surface area contributed by atoms with Gasteiger partial charge in [-0.2, -0.15) is 0 Å². The van der Waals surface area contributed by atoms with Crippen LogP contribution in [0.5, 0.6) is 0 Å². The molecule has 0 saturated carbocycles. The fourth-order valence-corrected chi connectivity index (χ4v) is 2.89. The van der Waals surface area contributed by atoms with Crippen LogP contribution >= 0.6 is 0 Å². The SMILES string of the molecule is CCOC(=O)C1CCc2cccc3cccc1c23. The lowest BCUT2D eigenvalue weighted by Gasteiger charge is -2.24. The van der Waals surface area contributed by atoms with E-state index in [1.54, 1.807) is 0 Å². The normalized spacial score (nSPS) is 17.7. The van der Waals surface area contributed by atoms with Gasteiger partial charge in [0.25, 0.3) is 0 Å². The van der Waals surface area contributed by atoms with E-state index in [1.165, 1.54) is 16.3 Å².